The summed E-state index contributed by atoms with van der Waals surface area (Å²) in [5, 5.41) is 11.8. The van der Waals surface area contributed by atoms with E-state index in [9.17, 15) is 9.59 Å². The summed E-state index contributed by atoms with van der Waals surface area (Å²) in [6.07, 6.45) is 0.350. The summed E-state index contributed by atoms with van der Waals surface area (Å²) >= 11 is 6.08. The van der Waals surface area contributed by atoms with Gasteiger partial charge < -0.3 is 19.9 Å². The van der Waals surface area contributed by atoms with Crippen LogP contribution in [-0.2, 0) is 16.0 Å². The van der Waals surface area contributed by atoms with Crippen LogP contribution in [0.25, 0.3) is 0 Å². The molecule has 2 rings (SSSR count). The molecule has 114 valence electrons. The first-order valence-electron chi connectivity index (χ1n) is 6.61. The highest BCUT2D eigenvalue weighted by molar-refractivity contribution is 6.32. The largest absolute Gasteiger partial charge is 0.486 e. The fraction of sp³-hybridized carbons (Fsp3) is 0.429. The number of carboxylic acids is 1. The highest BCUT2D eigenvalue weighted by Gasteiger charge is 2.20. The van der Waals surface area contributed by atoms with Gasteiger partial charge in [-0.3, -0.25) is 4.79 Å². The lowest BCUT2D eigenvalue weighted by Crippen LogP contribution is -2.40. The Morgan fingerprint density at radius 2 is 2.10 bits per heavy atom. The fourth-order valence-corrected chi connectivity index (χ4v) is 2.32. The summed E-state index contributed by atoms with van der Waals surface area (Å²) < 4.78 is 10.8. The van der Waals surface area contributed by atoms with Crippen LogP contribution in [0.15, 0.2) is 12.1 Å². The Morgan fingerprint density at radius 3 is 2.76 bits per heavy atom. The molecule has 0 bridgehead atoms. The van der Waals surface area contributed by atoms with Crippen LogP contribution < -0.4 is 14.8 Å². The molecule has 1 amide bonds. The number of carbonyl (C=O) groups is 2. The highest BCUT2D eigenvalue weighted by atomic mass is 35.5. The molecule has 0 radical (unpaired) electrons. The fourth-order valence-electron chi connectivity index (χ4n) is 2.04. The zero-order chi connectivity index (χ0) is 15.4. The summed E-state index contributed by atoms with van der Waals surface area (Å²) in [5.74, 6) is -0.450. The zero-order valence-corrected chi connectivity index (χ0v) is 12.3. The average molecular weight is 314 g/mol. The third-order valence-electron chi connectivity index (χ3n) is 3.06. The molecule has 2 N–H and O–H groups in total. The summed E-state index contributed by atoms with van der Waals surface area (Å²) in [7, 11) is 0. The van der Waals surface area contributed by atoms with Gasteiger partial charge in [-0.2, -0.15) is 0 Å². The van der Waals surface area contributed by atoms with Crippen LogP contribution in [0.1, 0.15) is 18.9 Å². The molecule has 0 saturated heterocycles. The quantitative estimate of drug-likeness (QED) is 0.863. The van der Waals surface area contributed by atoms with Crippen LogP contribution in [0.2, 0.25) is 5.02 Å². The minimum Gasteiger partial charge on any atom is -0.486 e. The first-order chi connectivity index (χ1) is 10.0. The summed E-state index contributed by atoms with van der Waals surface area (Å²) in [4.78, 5) is 22.8. The maximum Gasteiger partial charge on any atom is 0.326 e. The van der Waals surface area contributed by atoms with Crippen molar-refractivity contribution >= 4 is 23.5 Å². The van der Waals surface area contributed by atoms with Crippen LogP contribution in [0.5, 0.6) is 11.5 Å². The van der Waals surface area contributed by atoms with Crippen molar-refractivity contribution in [1.82, 2.24) is 5.32 Å². The van der Waals surface area contributed by atoms with E-state index in [-0.39, 0.29) is 12.3 Å². The second-order valence-corrected chi connectivity index (χ2v) is 5.05. The van der Waals surface area contributed by atoms with E-state index in [1.807, 2.05) is 0 Å². The molecule has 1 aliphatic rings. The van der Waals surface area contributed by atoms with Crippen LogP contribution >= 0.6 is 11.6 Å². The Morgan fingerprint density at radius 1 is 1.38 bits per heavy atom. The lowest BCUT2D eigenvalue weighted by atomic mass is 10.1. The molecule has 21 heavy (non-hydrogen) atoms. The van der Waals surface area contributed by atoms with Gasteiger partial charge in [0.2, 0.25) is 5.91 Å². The second kappa shape index (κ2) is 6.67. The zero-order valence-electron chi connectivity index (χ0n) is 11.5. The minimum atomic E-state index is -1.05. The predicted molar refractivity (Wildman–Crippen MR) is 76.0 cm³/mol. The van der Waals surface area contributed by atoms with Gasteiger partial charge in [0.15, 0.2) is 11.5 Å². The van der Waals surface area contributed by atoms with Crippen molar-refractivity contribution in [2.75, 3.05) is 13.2 Å². The number of halogens is 1. The van der Waals surface area contributed by atoms with Crippen LogP contribution in [0.3, 0.4) is 0 Å². The predicted octanol–water partition coefficient (Wildman–Crippen LogP) is 1.63. The van der Waals surface area contributed by atoms with Gasteiger partial charge in [-0.1, -0.05) is 18.5 Å². The van der Waals surface area contributed by atoms with Crippen molar-refractivity contribution < 1.29 is 24.2 Å². The number of fused-ring (bicyclic) bond motifs is 1. The van der Waals surface area contributed by atoms with Gasteiger partial charge in [-0.15, -0.1) is 0 Å². The van der Waals surface area contributed by atoms with Gasteiger partial charge in [-0.05, 0) is 24.1 Å². The van der Waals surface area contributed by atoms with Gasteiger partial charge in [-0.25, -0.2) is 4.79 Å². The molecule has 6 nitrogen and oxygen atoms in total. The number of aliphatic carboxylic acids is 1. The third kappa shape index (κ3) is 3.78. The SMILES string of the molecule is CCC(NC(=O)Cc1cc(Cl)c2c(c1)OCCO2)C(=O)O. The maximum absolute atomic E-state index is 11.9. The lowest BCUT2D eigenvalue weighted by molar-refractivity contribution is -0.141. The molecular formula is C14H16ClNO5. The van der Waals surface area contributed by atoms with Crippen LogP contribution in [0, 0.1) is 0 Å². The molecule has 0 fully saturated rings. The number of ether oxygens (including phenoxy) is 2. The van der Waals surface area contributed by atoms with Gasteiger partial charge in [0.1, 0.15) is 19.3 Å². The van der Waals surface area contributed by atoms with E-state index in [0.717, 1.165) is 0 Å². The Labute approximate surface area is 127 Å². The molecule has 1 aromatic carbocycles. The number of amides is 1. The van der Waals surface area contributed by atoms with Crippen LogP contribution in [0.4, 0.5) is 0 Å². The first-order valence-corrected chi connectivity index (χ1v) is 6.99. The molecule has 0 aromatic heterocycles. The van der Waals surface area contributed by atoms with E-state index in [1.54, 1.807) is 19.1 Å². The lowest BCUT2D eigenvalue weighted by Gasteiger charge is -2.20. The second-order valence-electron chi connectivity index (χ2n) is 4.65. The Kier molecular flexibility index (Phi) is 4.90. The Hall–Kier alpha value is -1.95. The van der Waals surface area contributed by atoms with Gasteiger partial charge >= 0.3 is 5.97 Å². The monoisotopic (exact) mass is 313 g/mol. The molecule has 7 heteroatoms. The summed E-state index contributed by atoms with van der Waals surface area (Å²) in [6, 6.07) is 2.42. The number of carboxylic acid groups (broad SMARTS) is 1. The standard InChI is InChI=1S/C14H16ClNO5/c1-2-10(14(18)19)16-12(17)7-8-5-9(15)13-11(6-8)20-3-4-21-13/h5-6,10H,2-4,7H2,1H3,(H,16,17)(H,18,19). The van der Waals surface area contributed by atoms with E-state index in [1.165, 1.54) is 0 Å². The normalized spacial score (nSPS) is 14.4. The number of hydrogen-bond donors (Lipinski definition) is 2. The number of nitrogens with one attached hydrogen (secondary N) is 1. The molecule has 1 atom stereocenters. The topological polar surface area (TPSA) is 84.9 Å². The van der Waals surface area contributed by atoms with Gasteiger partial charge in [0.25, 0.3) is 0 Å². The summed E-state index contributed by atoms with van der Waals surface area (Å²) in [6.45, 7) is 2.55. The Bertz CT molecular complexity index is 561. The third-order valence-corrected chi connectivity index (χ3v) is 3.34. The van der Waals surface area contributed by atoms with Crippen molar-refractivity contribution in [3.05, 3.63) is 22.7 Å². The smallest absolute Gasteiger partial charge is 0.326 e. The Balaban J connectivity index is 2.07. The molecule has 1 heterocycles. The summed E-state index contributed by atoms with van der Waals surface area (Å²) in [5.41, 5.74) is 0.641. The van der Waals surface area contributed by atoms with Crippen molar-refractivity contribution in [2.24, 2.45) is 0 Å². The van der Waals surface area contributed by atoms with E-state index in [4.69, 9.17) is 26.2 Å². The molecular weight excluding hydrogens is 298 g/mol. The average Bonchev–Trinajstić information content (AvgIpc) is 2.44. The number of rotatable bonds is 5. The first kappa shape index (κ1) is 15.4. The number of carbonyl (C=O) groups excluding carboxylic acids is 1. The molecule has 0 saturated carbocycles. The number of benzene rings is 1. The van der Waals surface area contributed by atoms with Crippen molar-refractivity contribution in [3.63, 3.8) is 0 Å². The van der Waals surface area contributed by atoms with Crippen molar-refractivity contribution in [3.8, 4) is 11.5 Å². The van der Waals surface area contributed by atoms with Crippen molar-refractivity contribution in [1.29, 1.82) is 0 Å². The molecule has 1 aliphatic heterocycles. The van der Waals surface area contributed by atoms with Crippen LogP contribution in [-0.4, -0.2) is 36.2 Å². The van der Waals surface area contributed by atoms with Gasteiger partial charge in [0.05, 0.1) is 11.4 Å². The van der Waals surface area contributed by atoms with E-state index in [2.05, 4.69) is 5.32 Å². The highest BCUT2D eigenvalue weighted by Crippen LogP contribution is 2.38. The minimum absolute atomic E-state index is 0.0279. The van der Waals surface area contributed by atoms with E-state index >= 15 is 0 Å². The van der Waals surface area contributed by atoms with Crippen molar-refractivity contribution in [2.45, 2.75) is 25.8 Å². The van der Waals surface area contributed by atoms with E-state index < -0.39 is 12.0 Å². The van der Waals surface area contributed by atoms with Gasteiger partial charge in [0, 0.05) is 0 Å². The molecule has 1 aromatic rings. The number of hydrogen-bond acceptors (Lipinski definition) is 4. The molecule has 0 aliphatic carbocycles. The molecule has 0 spiro atoms. The van der Waals surface area contributed by atoms with E-state index in [0.29, 0.717) is 41.7 Å². The molecule has 1 unspecified atom stereocenters. The maximum atomic E-state index is 11.9.